The van der Waals surface area contributed by atoms with Gasteiger partial charge in [-0.1, -0.05) is 43.9 Å². The highest BCUT2D eigenvalue weighted by molar-refractivity contribution is 6.59. The molecule has 0 aliphatic heterocycles. The summed E-state index contributed by atoms with van der Waals surface area (Å²) >= 11 is 0. The first kappa shape index (κ1) is 14.1. The maximum atomic E-state index is 9.25. The number of benzene rings is 1. The molecule has 0 amide bonds. The van der Waals surface area contributed by atoms with Crippen LogP contribution in [0, 0.1) is 6.92 Å². The highest BCUT2D eigenvalue weighted by atomic mass is 16.5. The largest absolute Gasteiger partial charge is 0.494 e. The van der Waals surface area contributed by atoms with Crippen LogP contribution in [-0.2, 0) is 0 Å². The third-order valence-electron chi connectivity index (χ3n) is 2.70. The Morgan fingerprint density at radius 3 is 2.59 bits per heavy atom. The van der Waals surface area contributed by atoms with Crippen LogP contribution >= 0.6 is 0 Å². The highest BCUT2D eigenvalue weighted by Gasteiger charge is 2.17. The molecule has 1 rings (SSSR count). The summed E-state index contributed by atoms with van der Waals surface area (Å²) in [5.74, 6) is 0.571. The summed E-state index contributed by atoms with van der Waals surface area (Å²) in [6.07, 6.45) is 4.57. The van der Waals surface area contributed by atoms with Gasteiger partial charge < -0.3 is 14.8 Å². The van der Waals surface area contributed by atoms with E-state index in [1.807, 2.05) is 13.0 Å². The maximum absolute atomic E-state index is 9.25. The monoisotopic (exact) mass is 236 g/mol. The lowest BCUT2D eigenvalue weighted by Crippen LogP contribution is -2.31. The van der Waals surface area contributed by atoms with Gasteiger partial charge in [-0.15, -0.1) is 0 Å². The minimum Gasteiger partial charge on any atom is -0.494 e. The van der Waals surface area contributed by atoms with Gasteiger partial charge in [0.15, 0.2) is 0 Å². The summed E-state index contributed by atoms with van der Waals surface area (Å²) in [5, 5.41) is 18.5. The zero-order valence-electron chi connectivity index (χ0n) is 10.6. The minimum atomic E-state index is -1.47. The van der Waals surface area contributed by atoms with Crippen LogP contribution in [0.2, 0.25) is 0 Å². The van der Waals surface area contributed by atoms with Gasteiger partial charge in [-0.2, -0.15) is 0 Å². The van der Waals surface area contributed by atoms with Crippen LogP contribution in [-0.4, -0.2) is 23.8 Å². The van der Waals surface area contributed by atoms with Crippen molar-refractivity contribution >= 4 is 12.6 Å². The molecule has 0 radical (unpaired) electrons. The van der Waals surface area contributed by atoms with Crippen molar-refractivity contribution in [2.45, 2.75) is 39.5 Å². The second-order valence-electron chi connectivity index (χ2n) is 4.32. The molecule has 17 heavy (non-hydrogen) atoms. The van der Waals surface area contributed by atoms with Crippen molar-refractivity contribution in [3.63, 3.8) is 0 Å². The van der Waals surface area contributed by atoms with Gasteiger partial charge in [0.25, 0.3) is 0 Å². The molecule has 94 valence electrons. The van der Waals surface area contributed by atoms with E-state index in [-0.39, 0.29) is 0 Å². The molecule has 0 saturated heterocycles. The van der Waals surface area contributed by atoms with Crippen molar-refractivity contribution in [1.82, 2.24) is 0 Å². The molecule has 2 N–H and O–H groups in total. The van der Waals surface area contributed by atoms with Crippen LogP contribution in [0.15, 0.2) is 18.2 Å². The average Bonchev–Trinajstić information content (AvgIpc) is 2.30. The molecular formula is C13H21BO3. The number of ether oxygens (including phenoxy) is 1. The number of rotatable bonds is 7. The Labute approximate surface area is 104 Å². The molecule has 0 heterocycles. The molecule has 0 bridgehead atoms. The molecule has 0 atom stereocenters. The predicted molar refractivity (Wildman–Crippen MR) is 70.6 cm³/mol. The van der Waals surface area contributed by atoms with Crippen molar-refractivity contribution in [2.75, 3.05) is 6.61 Å². The van der Waals surface area contributed by atoms with Crippen molar-refractivity contribution in [3.8, 4) is 5.75 Å². The first-order valence-electron chi connectivity index (χ1n) is 6.24. The Morgan fingerprint density at radius 2 is 1.94 bits per heavy atom. The van der Waals surface area contributed by atoms with E-state index in [4.69, 9.17) is 4.74 Å². The van der Waals surface area contributed by atoms with Gasteiger partial charge in [-0.05, 0) is 19.4 Å². The van der Waals surface area contributed by atoms with Crippen molar-refractivity contribution in [1.29, 1.82) is 0 Å². The number of hydrogen-bond acceptors (Lipinski definition) is 3. The summed E-state index contributed by atoms with van der Waals surface area (Å²) < 4.78 is 5.58. The molecule has 0 spiro atoms. The highest BCUT2D eigenvalue weighted by Crippen LogP contribution is 2.11. The van der Waals surface area contributed by atoms with Crippen LogP contribution < -0.4 is 10.2 Å². The van der Waals surface area contributed by atoms with Crippen LogP contribution in [0.4, 0.5) is 0 Å². The standard InChI is InChI=1S/C13H21BO3/c1-3-4-5-6-9-17-13-8-7-11(2)10-12(13)14(15)16/h7-8,10,15-16H,3-6,9H2,1-2H3. The summed E-state index contributed by atoms with van der Waals surface area (Å²) in [5.41, 5.74) is 1.44. The lowest BCUT2D eigenvalue weighted by molar-refractivity contribution is 0.305. The molecule has 0 aromatic heterocycles. The molecule has 1 aromatic carbocycles. The zero-order valence-corrected chi connectivity index (χ0v) is 10.6. The fraction of sp³-hybridized carbons (Fsp3) is 0.538. The Balaban J connectivity index is 2.52. The van der Waals surface area contributed by atoms with E-state index in [1.54, 1.807) is 12.1 Å². The van der Waals surface area contributed by atoms with Crippen molar-refractivity contribution in [3.05, 3.63) is 23.8 Å². The van der Waals surface area contributed by atoms with Crippen LogP contribution in [0.5, 0.6) is 5.75 Å². The molecule has 0 saturated carbocycles. The van der Waals surface area contributed by atoms with Crippen LogP contribution in [0.1, 0.15) is 38.2 Å². The topological polar surface area (TPSA) is 49.7 Å². The molecule has 0 aliphatic carbocycles. The van der Waals surface area contributed by atoms with Crippen molar-refractivity contribution < 1.29 is 14.8 Å². The average molecular weight is 236 g/mol. The Hall–Kier alpha value is -0.995. The van der Waals surface area contributed by atoms with Crippen LogP contribution in [0.25, 0.3) is 0 Å². The van der Waals surface area contributed by atoms with Gasteiger partial charge in [0.05, 0.1) is 6.61 Å². The maximum Gasteiger partial charge on any atom is 0.492 e. The third kappa shape index (κ3) is 4.80. The lowest BCUT2D eigenvalue weighted by atomic mass is 9.79. The molecule has 3 nitrogen and oxygen atoms in total. The van der Waals surface area contributed by atoms with Gasteiger partial charge >= 0.3 is 7.12 Å². The van der Waals surface area contributed by atoms with E-state index >= 15 is 0 Å². The SMILES string of the molecule is CCCCCCOc1ccc(C)cc1B(O)O. The zero-order chi connectivity index (χ0) is 12.7. The Bertz CT molecular complexity index is 339. The molecule has 0 aliphatic rings. The molecular weight excluding hydrogens is 215 g/mol. The molecule has 4 heteroatoms. The number of hydrogen-bond donors (Lipinski definition) is 2. The smallest absolute Gasteiger partial charge is 0.492 e. The quantitative estimate of drug-likeness (QED) is 0.558. The van der Waals surface area contributed by atoms with E-state index in [2.05, 4.69) is 6.92 Å². The number of aryl methyl sites for hydroxylation is 1. The Kier molecular flexibility index (Phi) is 6.09. The third-order valence-corrected chi connectivity index (χ3v) is 2.70. The predicted octanol–water partition coefficient (Wildman–Crippen LogP) is 1.63. The second kappa shape index (κ2) is 7.35. The van der Waals surface area contributed by atoms with E-state index < -0.39 is 7.12 Å². The molecule has 1 aromatic rings. The first-order valence-corrected chi connectivity index (χ1v) is 6.24. The summed E-state index contributed by atoms with van der Waals surface area (Å²) in [6, 6.07) is 5.45. The first-order chi connectivity index (χ1) is 8.15. The lowest BCUT2D eigenvalue weighted by Gasteiger charge is -2.11. The normalized spacial score (nSPS) is 10.4. The van der Waals surface area contributed by atoms with E-state index in [9.17, 15) is 10.0 Å². The van der Waals surface area contributed by atoms with Gasteiger partial charge in [-0.3, -0.25) is 0 Å². The van der Waals surface area contributed by atoms with Gasteiger partial charge in [0.1, 0.15) is 5.75 Å². The van der Waals surface area contributed by atoms with Crippen molar-refractivity contribution in [2.24, 2.45) is 0 Å². The van der Waals surface area contributed by atoms with Gasteiger partial charge in [-0.25, -0.2) is 0 Å². The Morgan fingerprint density at radius 1 is 1.18 bits per heavy atom. The fourth-order valence-electron chi connectivity index (χ4n) is 1.71. The summed E-state index contributed by atoms with van der Waals surface area (Å²) in [6.45, 7) is 4.71. The molecule has 0 unspecified atom stereocenters. The summed E-state index contributed by atoms with van der Waals surface area (Å²) in [4.78, 5) is 0. The molecule has 0 fully saturated rings. The van der Waals surface area contributed by atoms with E-state index in [1.165, 1.54) is 12.8 Å². The fourth-order valence-corrected chi connectivity index (χ4v) is 1.71. The van der Waals surface area contributed by atoms with Gasteiger partial charge in [0, 0.05) is 5.46 Å². The minimum absolute atomic E-state index is 0.445. The van der Waals surface area contributed by atoms with E-state index in [0.717, 1.165) is 18.4 Å². The van der Waals surface area contributed by atoms with Gasteiger partial charge in [0.2, 0.25) is 0 Å². The number of unbranched alkanes of at least 4 members (excludes halogenated alkanes) is 3. The summed E-state index contributed by atoms with van der Waals surface area (Å²) in [7, 11) is -1.47. The second-order valence-corrected chi connectivity index (χ2v) is 4.32. The van der Waals surface area contributed by atoms with Crippen LogP contribution in [0.3, 0.4) is 0 Å². The van der Waals surface area contributed by atoms with E-state index in [0.29, 0.717) is 17.8 Å².